The van der Waals surface area contributed by atoms with Crippen molar-refractivity contribution in [3.05, 3.63) is 23.9 Å². The van der Waals surface area contributed by atoms with Gasteiger partial charge in [-0.25, -0.2) is 4.98 Å². The summed E-state index contributed by atoms with van der Waals surface area (Å²) in [5.41, 5.74) is 0.606. The Balaban J connectivity index is 2.87. The number of nitriles is 1. The number of hydrogen-bond acceptors (Lipinski definition) is 4. The number of carbonyl (C=O) groups is 1. The van der Waals surface area contributed by atoms with Crippen LogP contribution in [0.1, 0.15) is 37.6 Å². The Bertz CT molecular complexity index is 479. The standard InChI is InChI=1S/C15H22N4O/c1-4-17-14-10-13(6-8-18-14)15(20)19(9-5-7-16)11-12(2)3/h6,8,10,12H,4-5,9,11H2,1-3H3,(H,17,18). The Morgan fingerprint density at radius 1 is 1.55 bits per heavy atom. The maximum absolute atomic E-state index is 12.5. The smallest absolute Gasteiger partial charge is 0.254 e. The van der Waals surface area contributed by atoms with Crippen LogP contribution in [0.25, 0.3) is 0 Å². The fraction of sp³-hybridized carbons (Fsp3) is 0.533. The summed E-state index contributed by atoms with van der Waals surface area (Å²) < 4.78 is 0. The molecule has 0 radical (unpaired) electrons. The van der Waals surface area contributed by atoms with Crippen molar-refractivity contribution in [2.45, 2.75) is 27.2 Å². The van der Waals surface area contributed by atoms with Crippen molar-refractivity contribution in [2.24, 2.45) is 5.92 Å². The highest BCUT2D eigenvalue weighted by atomic mass is 16.2. The molecular weight excluding hydrogens is 252 g/mol. The van der Waals surface area contributed by atoms with Crippen LogP contribution in [0.5, 0.6) is 0 Å². The lowest BCUT2D eigenvalue weighted by Gasteiger charge is -2.23. The molecule has 0 spiro atoms. The highest BCUT2D eigenvalue weighted by Crippen LogP contribution is 2.11. The molecule has 0 saturated heterocycles. The largest absolute Gasteiger partial charge is 0.370 e. The Labute approximate surface area is 120 Å². The molecule has 0 aliphatic carbocycles. The predicted molar refractivity (Wildman–Crippen MR) is 79.4 cm³/mol. The van der Waals surface area contributed by atoms with Crippen molar-refractivity contribution in [1.29, 1.82) is 5.26 Å². The number of rotatable bonds is 7. The van der Waals surface area contributed by atoms with Crippen molar-refractivity contribution in [1.82, 2.24) is 9.88 Å². The minimum absolute atomic E-state index is 0.0458. The van der Waals surface area contributed by atoms with Crippen LogP contribution in [0, 0.1) is 17.2 Å². The van der Waals surface area contributed by atoms with Crippen LogP contribution in [0.4, 0.5) is 5.82 Å². The topological polar surface area (TPSA) is 69.0 Å². The summed E-state index contributed by atoms with van der Waals surface area (Å²) in [4.78, 5) is 18.4. The first kappa shape index (κ1) is 16.0. The molecule has 108 valence electrons. The molecule has 1 amide bonds. The van der Waals surface area contributed by atoms with Crippen LogP contribution in [-0.4, -0.2) is 35.4 Å². The van der Waals surface area contributed by atoms with Crippen molar-refractivity contribution in [3.63, 3.8) is 0 Å². The van der Waals surface area contributed by atoms with E-state index in [4.69, 9.17) is 5.26 Å². The average molecular weight is 274 g/mol. The third-order valence-corrected chi connectivity index (χ3v) is 2.73. The molecule has 0 bridgehead atoms. The summed E-state index contributed by atoms with van der Waals surface area (Å²) in [7, 11) is 0. The van der Waals surface area contributed by atoms with Crippen LogP contribution in [0.3, 0.4) is 0 Å². The van der Waals surface area contributed by atoms with E-state index in [0.717, 1.165) is 6.54 Å². The van der Waals surface area contributed by atoms with E-state index < -0.39 is 0 Å². The first-order valence-corrected chi connectivity index (χ1v) is 6.94. The quantitative estimate of drug-likeness (QED) is 0.829. The number of amides is 1. The van der Waals surface area contributed by atoms with Crippen LogP contribution in [0.2, 0.25) is 0 Å². The van der Waals surface area contributed by atoms with E-state index in [1.165, 1.54) is 0 Å². The number of anilines is 1. The Kier molecular flexibility index (Phi) is 6.51. The van der Waals surface area contributed by atoms with E-state index in [1.807, 2.05) is 6.92 Å². The van der Waals surface area contributed by atoms with Crippen molar-refractivity contribution in [2.75, 3.05) is 25.0 Å². The van der Waals surface area contributed by atoms with Gasteiger partial charge >= 0.3 is 0 Å². The second kappa shape index (κ2) is 8.16. The number of aromatic nitrogens is 1. The lowest BCUT2D eigenvalue weighted by Crippen LogP contribution is -2.35. The molecule has 5 nitrogen and oxygen atoms in total. The lowest BCUT2D eigenvalue weighted by atomic mass is 10.1. The molecule has 1 aromatic heterocycles. The normalized spacial score (nSPS) is 10.2. The number of hydrogen-bond donors (Lipinski definition) is 1. The summed E-state index contributed by atoms with van der Waals surface area (Å²) in [6, 6.07) is 5.56. The lowest BCUT2D eigenvalue weighted by molar-refractivity contribution is 0.0740. The minimum atomic E-state index is -0.0458. The minimum Gasteiger partial charge on any atom is -0.370 e. The van der Waals surface area contributed by atoms with E-state index in [9.17, 15) is 4.79 Å². The van der Waals surface area contributed by atoms with Gasteiger partial charge in [-0.3, -0.25) is 4.79 Å². The zero-order valence-corrected chi connectivity index (χ0v) is 12.4. The molecule has 0 fully saturated rings. The highest BCUT2D eigenvalue weighted by Gasteiger charge is 2.17. The summed E-state index contributed by atoms with van der Waals surface area (Å²) in [6.07, 6.45) is 1.98. The van der Waals surface area contributed by atoms with Gasteiger partial charge in [0.1, 0.15) is 5.82 Å². The number of carbonyl (C=O) groups excluding carboxylic acids is 1. The zero-order chi connectivity index (χ0) is 15.0. The Hall–Kier alpha value is -2.09. The second-order valence-electron chi connectivity index (χ2n) is 5.01. The van der Waals surface area contributed by atoms with Gasteiger partial charge < -0.3 is 10.2 Å². The van der Waals surface area contributed by atoms with Gasteiger partial charge in [0.05, 0.1) is 12.5 Å². The van der Waals surface area contributed by atoms with Crippen LogP contribution in [0.15, 0.2) is 18.3 Å². The SMILES string of the molecule is CCNc1cc(C(=O)N(CCC#N)CC(C)C)ccn1. The molecule has 0 aromatic carbocycles. The summed E-state index contributed by atoms with van der Waals surface area (Å²) in [5.74, 6) is 1.02. The summed E-state index contributed by atoms with van der Waals surface area (Å²) >= 11 is 0. The molecule has 0 unspecified atom stereocenters. The third kappa shape index (κ3) is 4.88. The van der Waals surface area contributed by atoms with E-state index in [-0.39, 0.29) is 5.91 Å². The second-order valence-corrected chi connectivity index (χ2v) is 5.01. The van der Waals surface area contributed by atoms with E-state index in [1.54, 1.807) is 23.2 Å². The molecule has 1 heterocycles. The number of pyridine rings is 1. The highest BCUT2D eigenvalue weighted by molar-refractivity contribution is 5.94. The van der Waals surface area contributed by atoms with Gasteiger partial charge in [-0.2, -0.15) is 5.26 Å². The molecule has 1 aromatic rings. The first-order chi connectivity index (χ1) is 9.58. The van der Waals surface area contributed by atoms with E-state index in [2.05, 4.69) is 30.2 Å². The van der Waals surface area contributed by atoms with E-state index >= 15 is 0 Å². The molecule has 0 aliphatic rings. The fourth-order valence-electron chi connectivity index (χ4n) is 1.93. The van der Waals surface area contributed by atoms with Gasteiger partial charge in [0, 0.05) is 31.4 Å². The molecule has 0 aliphatic heterocycles. The molecule has 0 saturated carbocycles. The van der Waals surface area contributed by atoms with Crippen molar-refractivity contribution < 1.29 is 4.79 Å². The van der Waals surface area contributed by atoms with Crippen molar-refractivity contribution in [3.8, 4) is 6.07 Å². The van der Waals surface area contributed by atoms with Crippen LogP contribution >= 0.6 is 0 Å². The Morgan fingerprint density at radius 3 is 2.90 bits per heavy atom. The zero-order valence-electron chi connectivity index (χ0n) is 12.4. The number of nitrogens with zero attached hydrogens (tertiary/aromatic N) is 3. The van der Waals surface area contributed by atoms with Gasteiger partial charge in [0.2, 0.25) is 0 Å². The third-order valence-electron chi connectivity index (χ3n) is 2.73. The monoisotopic (exact) mass is 274 g/mol. The Morgan fingerprint density at radius 2 is 2.30 bits per heavy atom. The molecule has 1 rings (SSSR count). The molecule has 0 atom stereocenters. The maximum atomic E-state index is 12.5. The van der Waals surface area contributed by atoms with Crippen molar-refractivity contribution >= 4 is 11.7 Å². The summed E-state index contributed by atoms with van der Waals surface area (Å²) in [5, 5.41) is 11.8. The molecule has 1 N–H and O–H groups in total. The molecule has 5 heteroatoms. The molecular formula is C15H22N4O. The first-order valence-electron chi connectivity index (χ1n) is 6.94. The van der Waals surface area contributed by atoms with E-state index in [0.29, 0.717) is 36.8 Å². The van der Waals surface area contributed by atoms with Gasteiger partial charge in [-0.1, -0.05) is 13.8 Å². The van der Waals surface area contributed by atoms with Gasteiger partial charge in [-0.05, 0) is 25.0 Å². The number of nitrogens with one attached hydrogen (secondary N) is 1. The van der Waals surface area contributed by atoms with Gasteiger partial charge in [0.15, 0.2) is 0 Å². The fourth-order valence-corrected chi connectivity index (χ4v) is 1.93. The predicted octanol–water partition coefficient (Wildman–Crippen LogP) is 2.53. The van der Waals surface area contributed by atoms with Gasteiger partial charge in [-0.15, -0.1) is 0 Å². The molecule has 20 heavy (non-hydrogen) atoms. The van der Waals surface area contributed by atoms with Gasteiger partial charge in [0.25, 0.3) is 5.91 Å². The maximum Gasteiger partial charge on any atom is 0.254 e. The average Bonchev–Trinajstić information content (AvgIpc) is 2.43. The summed E-state index contributed by atoms with van der Waals surface area (Å²) in [6.45, 7) is 7.97. The van der Waals surface area contributed by atoms with Crippen LogP contribution in [-0.2, 0) is 0 Å². The van der Waals surface area contributed by atoms with Crippen LogP contribution < -0.4 is 5.32 Å².